The lowest BCUT2D eigenvalue weighted by molar-refractivity contribution is -0.119. The fourth-order valence-corrected chi connectivity index (χ4v) is 1.80. The smallest absolute Gasteiger partial charge is 0.227 e. The third-order valence-electron chi connectivity index (χ3n) is 2.59. The van der Waals surface area contributed by atoms with Gasteiger partial charge in [-0.15, -0.1) is 0 Å². The summed E-state index contributed by atoms with van der Waals surface area (Å²) in [7, 11) is 0. The fraction of sp³-hybridized carbons (Fsp3) is 0.462. The molecule has 1 N–H and O–H groups in total. The van der Waals surface area contributed by atoms with E-state index in [-0.39, 0.29) is 11.8 Å². The highest BCUT2D eigenvalue weighted by molar-refractivity contribution is 9.10. The Morgan fingerprint density at radius 2 is 2.19 bits per heavy atom. The lowest BCUT2D eigenvalue weighted by Crippen LogP contribution is -2.20. The van der Waals surface area contributed by atoms with Gasteiger partial charge in [-0.05, 0) is 37.1 Å². The maximum absolute atomic E-state index is 11.8. The maximum Gasteiger partial charge on any atom is 0.227 e. The van der Waals surface area contributed by atoms with Crippen molar-refractivity contribution in [2.24, 2.45) is 5.92 Å². The number of halogens is 1. The SMILES string of the molecule is CCC[C@@H](C)C(=O)Nc1ccc(Br)c(C)c1. The third-order valence-corrected chi connectivity index (χ3v) is 3.48. The number of aryl methyl sites for hydroxylation is 1. The van der Waals surface area contributed by atoms with Crippen LogP contribution in [0.3, 0.4) is 0 Å². The molecule has 0 fully saturated rings. The van der Waals surface area contributed by atoms with Gasteiger partial charge in [0.2, 0.25) is 5.91 Å². The molecule has 0 aliphatic carbocycles. The Balaban J connectivity index is 2.66. The van der Waals surface area contributed by atoms with E-state index in [1.165, 1.54) is 0 Å². The first-order chi connectivity index (χ1) is 7.54. The molecule has 1 atom stereocenters. The Labute approximate surface area is 106 Å². The molecule has 88 valence electrons. The van der Waals surface area contributed by atoms with E-state index in [9.17, 15) is 4.79 Å². The van der Waals surface area contributed by atoms with E-state index in [0.717, 1.165) is 28.6 Å². The van der Waals surface area contributed by atoms with Crippen LogP contribution in [-0.2, 0) is 4.79 Å². The molecule has 0 aromatic heterocycles. The van der Waals surface area contributed by atoms with Gasteiger partial charge in [0.1, 0.15) is 0 Å². The molecule has 1 aromatic carbocycles. The highest BCUT2D eigenvalue weighted by atomic mass is 79.9. The number of carbonyl (C=O) groups excluding carboxylic acids is 1. The largest absolute Gasteiger partial charge is 0.326 e. The van der Waals surface area contributed by atoms with Gasteiger partial charge in [-0.3, -0.25) is 4.79 Å². The molecule has 0 aliphatic heterocycles. The summed E-state index contributed by atoms with van der Waals surface area (Å²) in [6.07, 6.45) is 1.97. The number of rotatable bonds is 4. The predicted octanol–water partition coefficient (Wildman–Crippen LogP) is 4.13. The summed E-state index contributed by atoms with van der Waals surface area (Å²) in [6.45, 7) is 6.06. The van der Waals surface area contributed by atoms with E-state index in [4.69, 9.17) is 0 Å². The highest BCUT2D eigenvalue weighted by Gasteiger charge is 2.11. The summed E-state index contributed by atoms with van der Waals surface area (Å²) >= 11 is 3.44. The molecule has 2 nitrogen and oxygen atoms in total. The number of nitrogens with one attached hydrogen (secondary N) is 1. The van der Waals surface area contributed by atoms with Crippen LogP contribution in [0.15, 0.2) is 22.7 Å². The summed E-state index contributed by atoms with van der Waals surface area (Å²) < 4.78 is 1.06. The van der Waals surface area contributed by atoms with Crippen molar-refractivity contribution < 1.29 is 4.79 Å². The van der Waals surface area contributed by atoms with Crippen LogP contribution in [0.5, 0.6) is 0 Å². The Kier molecular flexibility index (Phi) is 5.00. The third kappa shape index (κ3) is 3.63. The zero-order valence-corrected chi connectivity index (χ0v) is 11.6. The number of hydrogen-bond donors (Lipinski definition) is 1. The monoisotopic (exact) mass is 283 g/mol. The van der Waals surface area contributed by atoms with Crippen LogP contribution in [0, 0.1) is 12.8 Å². The van der Waals surface area contributed by atoms with Gasteiger partial charge < -0.3 is 5.32 Å². The van der Waals surface area contributed by atoms with Gasteiger partial charge in [-0.25, -0.2) is 0 Å². The minimum absolute atomic E-state index is 0.0777. The normalized spacial score (nSPS) is 12.2. The molecule has 16 heavy (non-hydrogen) atoms. The summed E-state index contributed by atoms with van der Waals surface area (Å²) in [4.78, 5) is 11.8. The average molecular weight is 284 g/mol. The molecular formula is C13H18BrNO. The number of amides is 1. The standard InChI is InChI=1S/C13H18BrNO/c1-4-5-9(2)13(16)15-11-6-7-12(14)10(3)8-11/h6-9H,4-5H2,1-3H3,(H,15,16)/t9-/m1/s1. The molecule has 1 aromatic rings. The van der Waals surface area contributed by atoms with Crippen molar-refractivity contribution in [2.75, 3.05) is 5.32 Å². The second kappa shape index (κ2) is 6.04. The average Bonchev–Trinajstić information content (AvgIpc) is 2.24. The topological polar surface area (TPSA) is 29.1 Å². The molecule has 0 unspecified atom stereocenters. The second-order valence-corrected chi connectivity index (χ2v) is 5.00. The van der Waals surface area contributed by atoms with Crippen LogP contribution >= 0.6 is 15.9 Å². The fourth-order valence-electron chi connectivity index (χ4n) is 1.55. The Hall–Kier alpha value is -0.830. The van der Waals surface area contributed by atoms with Gasteiger partial charge >= 0.3 is 0 Å². The van der Waals surface area contributed by atoms with Gasteiger partial charge in [-0.2, -0.15) is 0 Å². The van der Waals surface area contributed by atoms with Gasteiger partial charge in [0.25, 0.3) is 0 Å². The Bertz CT molecular complexity index is 376. The van der Waals surface area contributed by atoms with Crippen LogP contribution in [0.1, 0.15) is 32.3 Å². The van der Waals surface area contributed by atoms with Crippen LogP contribution in [0.4, 0.5) is 5.69 Å². The second-order valence-electron chi connectivity index (χ2n) is 4.14. The Morgan fingerprint density at radius 1 is 1.50 bits per heavy atom. The molecule has 1 rings (SSSR count). The van der Waals surface area contributed by atoms with Crippen molar-refractivity contribution in [3.05, 3.63) is 28.2 Å². The molecule has 0 radical (unpaired) electrons. The highest BCUT2D eigenvalue weighted by Crippen LogP contribution is 2.20. The van der Waals surface area contributed by atoms with Crippen molar-refractivity contribution in [3.8, 4) is 0 Å². The molecule has 0 heterocycles. The molecular weight excluding hydrogens is 266 g/mol. The van der Waals surface area contributed by atoms with Crippen molar-refractivity contribution in [3.63, 3.8) is 0 Å². The summed E-state index contributed by atoms with van der Waals surface area (Å²) in [5.41, 5.74) is 1.99. The minimum atomic E-state index is 0.0777. The van der Waals surface area contributed by atoms with Gasteiger partial charge in [-0.1, -0.05) is 36.2 Å². The number of carbonyl (C=O) groups is 1. The zero-order chi connectivity index (χ0) is 12.1. The van der Waals surface area contributed by atoms with E-state index < -0.39 is 0 Å². The lowest BCUT2D eigenvalue weighted by atomic mass is 10.1. The van der Waals surface area contributed by atoms with E-state index in [0.29, 0.717) is 0 Å². The Morgan fingerprint density at radius 3 is 2.75 bits per heavy atom. The number of anilines is 1. The molecule has 0 saturated carbocycles. The molecule has 0 saturated heterocycles. The van der Waals surface area contributed by atoms with E-state index in [1.807, 2.05) is 32.0 Å². The first-order valence-corrected chi connectivity index (χ1v) is 6.41. The number of hydrogen-bond acceptors (Lipinski definition) is 1. The van der Waals surface area contributed by atoms with Gasteiger partial charge in [0, 0.05) is 16.1 Å². The van der Waals surface area contributed by atoms with Gasteiger partial charge in [0.15, 0.2) is 0 Å². The first-order valence-electron chi connectivity index (χ1n) is 5.61. The maximum atomic E-state index is 11.8. The first kappa shape index (κ1) is 13.2. The number of benzene rings is 1. The quantitative estimate of drug-likeness (QED) is 0.884. The molecule has 0 aliphatic rings. The van der Waals surface area contributed by atoms with Crippen LogP contribution in [-0.4, -0.2) is 5.91 Å². The van der Waals surface area contributed by atoms with Gasteiger partial charge in [0.05, 0.1) is 0 Å². The lowest BCUT2D eigenvalue weighted by Gasteiger charge is -2.11. The van der Waals surface area contributed by atoms with Crippen molar-refractivity contribution >= 4 is 27.5 Å². The minimum Gasteiger partial charge on any atom is -0.326 e. The van der Waals surface area contributed by atoms with E-state index >= 15 is 0 Å². The van der Waals surface area contributed by atoms with Crippen molar-refractivity contribution in [2.45, 2.75) is 33.6 Å². The van der Waals surface area contributed by atoms with Crippen LogP contribution in [0.25, 0.3) is 0 Å². The molecule has 1 amide bonds. The molecule has 0 bridgehead atoms. The van der Waals surface area contributed by atoms with Crippen LogP contribution < -0.4 is 5.32 Å². The van der Waals surface area contributed by atoms with Crippen molar-refractivity contribution in [1.82, 2.24) is 0 Å². The molecule has 0 spiro atoms. The summed E-state index contributed by atoms with van der Waals surface area (Å²) in [6, 6.07) is 5.84. The predicted molar refractivity (Wildman–Crippen MR) is 71.6 cm³/mol. The zero-order valence-electron chi connectivity index (χ0n) is 10.0. The summed E-state index contributed by atoms with van der Waals surface area (Å²) in [5.74, 6) is 0.178. The van der Waals surface area contributed by atoms with Crippen molar-refractivity contribution in [1.29, 1.82) is 0 Å². The van der Waals surface area contributed by atoms with E-state index in [1.54, 1.807) is 0 Å². The molecule has 3 heteroatoms. The van der Waals surface area contributed by atoms with E-state index in [2.05, 4.69) is 28.2 Å². The summed E-state index contributed by atoms with van der Waals surface area (Å²) in [5, 5.41) is 2.93. The van der Waals surface area contributed by atoms with Crippen LogP contribution in [0.2, 0.25) is 0 Å².